The topological polar surface area (TPSA) is 84.0 Å². The molecular weight excluding hydrogens is 254 g/mol. The second-order valence-electron chi connectivity index (χ2n) is 4.80. The Morgan fingerprint density at radius 1 is 1.30 bits per heavy atom. The number of ether oxygens (including phenoxy) is 1. The van der Waals surface area contributed by atoms with Crippen LogP contribution in [0.3, 0.4) is 0 Å². The molecule has 2 aliphatic rings. The molecule has 2 heterocycles. The number of anilines is 1. The number of hydrogen-bond donors (Lipinski definition) is 3. The number of allylic oxidation sites excluding steroid dienone is 1. The van der Waals surface area contributed by atoms with Crippen LogP contribution in [0, 0.1) is 0 Å². The Morgan fingerprint density at radius 2 is 2.05 bits per heavy atom. The van der Waals surface area contributed by atoms with Crippen molar-refractivity contribution in [3.8, 4) is 5.75 Å². The Balaban J connectivity index is 1.81. The summed E-state index contributed by atoms with van der Waals surface area (Å²) in [6.45, 7) is 2.01. The lowest BCUT2D eigenvalue weighted by Crippen LogP contribution is -2.46. The molecule has 6 heteroatoms. The number of hydrogen-bond acceptors (Lipinski definition) is 6. The fraction of sp³-hybridized carbons (Fsp3) is 0.286. The molecule has 0 saturated carbocycles. The van der Waals surface area contributed by atoms with E-state index in [0.717, 1.165) is 23.0 Å². The molecule has 2 atom stereocenters. The van der Waals surface area contributed by atoms with Crippen LogP contribution in [0.4, 0.5) is 5.69 Å². The molecule has 0 radical (unpaired) electrons. The first-order valence-electron chi connectivity index (χ1n) is 6.43. The molecule has 0 amide bonds. The molecule has 2 unspecified atom stereocenters. The van der Waals surface area contributed by atoms with Gasteiger partial charge in [-0.2, -0.15) is 4.99 Å². The van der Waals surface area contributed by atoms with Gasteiger partial charge in [0.2, 0.25) is 5.96 Å². The number of methoxy groups -OCH3 is 1. The summed E-state index contributed by atoms with van der Waals surface area (Å²) in [4.78, 5) is 8.63. The molecular formula is C14H17N5O. The van der Waals surface area contributed by atoms with Crippen LogP contribution in [0.2, 0.25) is 0 Å². The van der Waals surface area contributed by atoms with Crippen molar-refractivity contribution in [2.45, 2.75) is 19.0 Å². The van der Waals surface area contributed by atoms with Crippen LogP contribution in [0.5, 0.6) is 5.75 Å². The van der Waals surface area contributed by atoms with Gasteiger partial charge < -0.3 is 21.1 Å². The van der Waals surface area contributed by atoms with Crippen molar-refractivity contribution in [2.24, 2.45) is 15.7 Å². The Bertz CT molecular complexity index is 602. The zero-order valence-corrected chi connectivity index (χ0v) is 11.4. The van der Waals surface area contributed by atoms with Gasteiger partial charge in [0.1, 0.15) is 23.7 Å². The molecule has 0 saturated heterocycles. The molecule has 4 N–H and O–H groups in total. The van der Waals surface area contributed by atoms with Crippen LogP contribution in [0.1, 0.15) is 6.92 Å². The summed E-state index contributed by atoms with van der Waals surface area (Å²) >= 11 is 0. The van der Waals surface area contributed by atoms with Gasteiger partial charge in [0.05, 0.1) is 7.11 Å². The van der Waals surface area contributed by atoms with Gasteiger partial charge in [-0.25, -0.2) is 4.99 Å². The van der Waals surface area contributed by atoms with Gasteiger partial charge in [-0.15, -0.1) is 0 Å². The van der Waals surface area contributed by atoms with Crippen LogP contribution in [-0.2, 0) is 0 Å². The minimum absolute atomic E-state index is 0.00764. The average molecular weight is 271 g/mol. The van der Waals surface area contributed by atoms with Crippen molar-refractivity contribution in [1.82, 2.24) is 5.32 Å². The molecule has 2 aliphatic heterocycles. The summed E-state index contributed by atoms with van der Waals surface area (Å²) in [6.07, 6.45) is 2.06. The fourth-order valence-corrected chi connectivity index (χ4v) is 2.38. The zero-order valence-electron chi connectivity index (χ0n) is 11.4. The third-order valence-corrected chi connectivity index (χ3v) is 3.32. The van der Waals surface area contributed by atoms with Crippen LogP contribution in [0.15, 0.2) is 46.0 Å². The maximum absolute atomic E-state index is 5.77. The Hall–Kier alpha value is -2.50. The van der Waals surface area contributed by atoms with Crippen LogP contribution < -0.4 is 21.1 Å². The molecule has 6 nitrogen and oxygen atoms in total. The number of rotatable bonds is 2. The predicted molar refractivity (Wildman–Crippen MR) is 80.1 cm³/mol. The number of benzene rings is 1. The van der Waals surface area contributed by atoms with Crippen molar-refractivity contribution >= 4 is 17.5 Å². The number of guanidine groups is 1. The summed E-state index contributed by atoms with van der Waals surface area (Å²) in [5.74, 6) is 1.90. The third kappa shape index (κ3) is 2.32. The first-order valence-corrected chi connectivity index (χ1v) is 6.43. The van der Waals surface area contributed by atoms with E-state index < -0.39 is 0 Å². The monoisotopic (exact) mass is 271 g/mol. The Kier molecular flexibility index (Phi) is 3.06. The van der Waals surface area contributed by atoms with E-state index in [1.807, 2.05) is 31.2 Å². The number of nitrogens with two attached hydrogens (primary N) is 1. The molecule has 104 valence electrons. The van der Waals surface area contributed by atoms with Crippen molar-refractivity contribution < 1.29 is 4.74 Å². The van der Waals surface area contributed by atoms with Crippen molar-refractivity contribution in [2.75, 3.05) is 12.4 Å². The molecule has 1 aromatic carbocycles. The second-order valence-corrected chi connectivity index (χ2v) is 4.80. The first-order chi connectivity index (χ1) is 9.65. The second kappa shape index (κ2) is 4.88. The van der Waals surface area contributed by atoms with Crippen LogP contribution in [-0.4, -0.2) is 31.0 Å². The van der Waals surface area contributed by atoms with Crippen LogP contribution >= 0.6 is 0 Å². The van der Waals surface area contributed by atoms with E-state index in [2.05, 4.69) is 26.7 Å². The maximum Gasteiger partial charge on any atom is 0.217 e. The van der Waals surface area contributed by atoms with E-state index in [9.17, 15) is 0 Å². The summed E-state index contributed by atoms with van der Waals surface area (Å²) in [7, 11) is 1.65. The van der Waals surface area contributed by atoms with Crippen LogP contribution in [0.25, 0.3) is 0 Å². The van der Waals surface area contributed by atoms with Gasteiger partial charge in [-0.05, 0) is 37.3 Å². The summed E-state index contributed by atoms with van der Waals surface area (Å²) in [6, 6.07) is 7.69. The Morgan fingerprint density at radius 3 is 2.75 bits per heavy atom. The third-order valence-electron chi connectivity index (χ3n) is 3.32. The van der Waals surface area contributed by atoms with Gasteiger partial charge in [-0.3, -0.25) is 0 Å². The van der Waals surface area contributed by atoms with Crippen molar-refractivity contribution in [1.29, 1.82) is 0 Å². The zero-order chi connectivity index (χ0) is 14.1. The molecule has 3 rings (SSSR count). The highest BCUT2D eigenvalue weighted by Crippen LogP contribution is 2.21. The van der Waals surface area contributed by atoms with E-state index in [0.29, 0.717) is 5.96 Å². The van der Waals surface area contributed by atoms with E-state index in [4.69, 9.17) is 10.5 Å². The number of nitrogens with one attached hydrogen (secondary N) is 2. The molecule has 0 aromatic heterocycles. The quantitative estimate of drug-likeness (QED) is 0.751. The molecule has 0 bridgehead atoms. The van der Waals surface area contributed by atoms with E-state index in [1.165, 1.54) is 0 Å². The average Bonchev–Trinajstić information content (AvgIpc) is 2.80. The van der Waals surface area contributed by atoms with E-state index >= 15 is 0 Å². The minimum atomic E-state index is 0.00764. The lowest BCUT2D eigenvalue weighted by Gasteiger charge is -2.24. The lowest BCUT2D eigenvalue weighted by molar-refractivity contribution is 0.415. The smallest absolute Gasteiger partial charge is 0.217 e. The number of amidine groups is 1. The number of aliphatic imine (C=N–C) groups is 2. The molecule has 0 aliphatic carbocycles. The minimum Gasteiger partial charge on any atom is -0.497 e. The largest absolute Gasteiger partial charge is 0.497 e. The van der Waals surface area contributed by atoms with Gasteiger partial charge in [-0.1, -0.05) is 0 Å². The molecule has 0 spiro atoms. The maximum atomic E-state index is 5.77. The lowest BCUT2D eigenvalue weighted by atomic mass is 10.1. The van der Waals surface area contributed by atoms with Gasteiger partial charge in [0, 0.05) is 11.4 Å². The van der Waals surface area contributed by atoms with Crippen molar-refractivity contribution in [3.63, 3.8) is 0 Å². The standard InChI is InChI=1S/C14H17N5O/c1-8-7-11-12(16-8)13(19-14(15)18-11)17-9-3-5-10(20-2)6-4-9/h3-7,11-12,16H,1-2H3,(H3,15,17,18,19). The SMILES string of the molecule is COc1ccc(NC2=NC(N)=NC3C=C(C)NC23)cc1. The van der Waals surface area contributed by atoms with E-state index in [-0.39, 0.29) is 12.1 Å². The predicted octanol–water partition coefficient (Wildman–Crippen LogP) is 1.08. The molecule has 0 fully saturated rings. The van der Waals surface area contributed by atoms with Gasteiger partial charge in [0.25, 0.3) is 0 Å². The first kappa shape index (κ1) is 12.5. The van der Waals surface area contributed by atoms with Crippen molar-refractivity contribution in [3.05, 3.63) is 36.0 Å². The summed E-state index contributed by atoms with van der Waals surface area (Å²) < 4.78 is 5.14. The molecule has 1 aromatic rings. The highest BCUT2D eigenvalue weighted by Gasteiger charge is 2.32. The highest BCUT2D eigenvalue weighted by molar-refractivity contribution is 6.08. The number of fused-ring (bicyclic) bond motifs is 1. The van der Waals surface area contributed by atoms with E-state index in [1.54, 1.807) is 7.11 Å². The number of nitrogens with zero attached hydrogens (tertiary/aromatic N) is 2. The summed E-state index contributed by atoms with van der Waals surface area (Å²) in [5.41, 5.74) is 7.79. The highest BCUT2D eigenvalue weighted by atomic mass is 16.5. The summed E-state index contributed by atoms with van der Waals surface area (Å²) in [5, 5.41) is 6.64. The molecule has 20 heavy (non-hydrogen) atoms. The van der Waals surface area contributed by atoms with Gasteiger partial charge >= 0.3 is 0 Å². The van der Waals surface area contributed by atoms with Gasteiger partial charge in [0.15, 0.2) is 0 Å². The fourth-order valence-electron chi connectivity index (χ4n) is 2.38. The Labute approximate surface area is 117 Å². The normalized spacial score (nSPS) is 24.0.